The Morgan fingerprint density at radius 2 is 1.95 bits per heavy atom. The molecule has 0 saturated heterocycles. The third kappa shape index (κ3) is 2.75. The molecule has 0 atom stereocenters. The summed E-state index contributed by atoms with van der Waals surface area (Å²) in [6, 6.07) is 4.99. The molecule has 0 aliphatic heterocycles. The first-order valence-corrected chi connectivity index (χ1v) is 6.62. The fourth-order valence-electron chi connectivity index (χ4n) is 1.80. The zero-order chi connectivity index (χ0) is 14.9. The molecule has 1 aromatic heterocycles. The van der Waals surface area contributed by atoms with Crippen LogP contribution in [0.15, 0.2) is 28.9 Å². The number of anilines is 1. The summed E-state index contributed by atoms with van der Waals surface area (Å²) >= 11 is 3.47. The summed E-state index contributed by atoms with van der Waals surface area (Å²) in [5.41, 5.74) is 7.76. The normalized spacial score (nSPS) is 10.3. The number of aromatic nitrogens is 1. The number of rotatable bonds is 3. The molecule has 6 heteroatoms. The van der Waals surface area contributed by atoms with Crippen LogP contribution in [-0.2, 0) is 0 Å². The van der Waals surface area contributed by atoms with Gasteiger partial charge in [-0.2, -0.15) is 0 Å². The van der Waals surface area contributed by atoms with E-state index in [1.54, 1.807) is 0 Å². The van der Waals surface area contributed by atoms with Gasteiger partial charge in [-0.1, -0.05) is 15.9 Å². The van der Waals surface area contributed by atoms with Gasteiger partial charge >= 0.3 is 5.97 Å². The molecule has 0 fully saturated rings. The van der Waals surface area contributed by atoms with Gasteiger partial charge < -0.3 is 15.6 Å². The van der Waals surface area contributed by atoms with Gasteiger partial charge in [0.1, 0.15) is 11.4 Å². The van der Waals surface area contributed by atoms with Crippen LogP contribution in [0.4, 0.5) is 5.69 Å². The van der Waals surface area contributed by atoms with Crippen LogP contribution in [0.2, 0.25) is 0 Å². The fourth-order valence-corrected chi connectivity index (χ4v) is 2.03. The lowest BCUT2D eigenvalue weighted by Gasteiger charge is -2.11. The predicted octanol–water partition coefficient (Wildman–Crippen LogP) is 3.53. The van der Waals surface area contributed by atoms with Crippen LogP contribution in [0, 0.1) is 13.8 Å². The molecule has 0 spiro atoms. The summed E-state index contributed by atoms with van der Waals surface area (Å²) in [4.78, 5) is 15.0. The number of benzene rings is 1. The van der Waals surface area contributed by atoms with Gasteiger partial charge in [-0.05, 0) is 43.2 Å². The second-order valence-corrected chi connectivity index (χ2v) is 5.15. The first-order chi connectivity index (χ1) is 9.40. The van der Waals surface area contributed by atoms with Crippen LogP contribution >= 0.6 is 15.9 Å². The van der Waals surface area contributed by atoms with Crippen molar-refractivity contribution in [3.63, 3.8) is 0 Å². The van der Waals surface area contributed by atoms with Gasteiger partial charge in [-0.25, -0.2) is 9.78 Å². The highest BCUT2D eigenvalue weighted by Gasteiger charge is 2.14. The van der Waals surface area contributed by atoms with E-state index < -0.39 is 5.97 Å². The van der Waals surface area contributed by atoms with E-state index in [2.05, 4.69) is 20.9 Å². The Hall–Kier alpha value is -2.08. The highest BCUT2D eigenvalue weighted by Crippen LogP contribution is 2.31. The van der Waals surface area contributed by atoms with E-state index >= 15 is 0 Å². The molecule has 2 aromatic rings. The first kappa shape index (κ1) is 14.3. The number of carboxylic acids is 1. The smallest absolute Gasteiger partial charge is 0.338 e. The van der Waals surface area contributed by atoms with E-state index in [9.17, 15) is 4.79 Å². The SMILES string of the molecule is Cc1cc(Oc2nccc(C(=O)O)c2N)cc(C)c1Br. The summed E-state index contributed by atoms with van der Waals surface area (Å²) in [6.45, 7) is 3.88. The third-order valence-corrected chi connectivity index (χ3v) is 4.06. The van der Waals surface area contributed by atoms with E-state index in [0.29, 0.717) is 5.75 Å². The highest BCUT2D eigenvalue weighted by molar-refractivity contribution is 9.10. The van der Waals surface area contributed by atoms with Crippen molar-refractivity contribution in [1.82, 2.24) is 4.98 Å². The Morgan fingerprint density at radius 1 is 1.35 bits per heavy atom. The summed E-state index contributed by atoms with van der Waals surface area (Å²) in [7, 11) is 0. The van der Waals surface area contributed by atoms with Crippen LogP contribution in [0.3, 0.4) is 0 Å². The minimum atomic E-state index is -1.11. The molecule has 3 N–H and O–H groups in total. The molecule has 1 aromatic carbocycles. The molecule has 0 aliphatic carbocycles. The fraction of sp³-hybridized carbons (Fsp3) is 0.143. The Morgan fingerprint density at radius 3 is 2.50 bits per heavy atom. The zero-order valence-corrected chi connectivity index (χ0v) is 12.6. The van der Waals surface area contributed by atoms with E-state index in [1.165, 1.54) is 12.3 Å². The van der Waals surface area contributed by atoms with Gasteiger partial charge in [0.2, 0.25) is 5.88 Å². The number of hydrogen-bond donors (Lipinski definition) is 2. The number of nitrogens with two attached hydrogens (primary N) is 1. The molecular formula is C14H13BrN2O3. The van der Waals surface area contributed by atoms with E-state index in [-0.39, 0.29) is 17.1 Å². The summed E-state index contributed by atoms with van der Waals surface area (Å²) < 4.78 is 6.60. The number of hydrogen-bond acceptors (Lipinski definition) is 4. The number of halogens is 1. The zero-order valence-electron chi connectivity index (χ0n) is 11.0. The lowest BCUT2D eigenvalue weighted by Crippen LogP contribution is -2.05. The average Bonchev–Trinajstić information content (AvgIpc) is 2.38. The predicted molar refractivity (Wildman–Crippen MR) is 79.3 cm³/mol. The van der Waals surface area contributed by atoms with Crippen LogP contribution in [-0.4, -0.2) is 16.1 Å². The standard InChI is InChI=1S/C14H13BrN2O3/c1-7-5-9(6-8(2)11(7)15)20-13-12(16)10(14(18)19)3-4-17-13/h3-6H,16H2,1-2H3,(H,18,19). The third-order valence-electron chi connectivity index (χ3n) is 2.81. The number of ether oxygens (including phenoxy) is 1. The Bertz CT molecular complexity index is 663. The minimum Gasteiger partial charge on any atom is -0.478 e. The number of pyridine rings is 1. The second-order valence-electron chi connectivity index (χ2n) is 4.36. The van der Waals surface area contributed by atoms with Gasteiger partial charge in [0.25, 0.3) is 0 Å². The van der Waals surface area contributed by atoms with Gasteiger partial charge in [0, 0.05) is 10.7 Å². The van der Waals surface area contributed by atoms with Crippen molar-refractivity contribution in [2.24, 2.45) is 0 Å². The average molecular weight is 337 g/mol. The van der Waals surface area contributed by atoms with Crippen molar-refractivity contribution in [3.8, 4) is 11.6 Å². The second kappa shape index (κ2) is 5.50. The molecule has 0 aliphatic rings. The molecule has 0 unspecified atom stereocenters. The minimum absolute atomic E-state index is 0.0122. The van der Waals surface area contributed by atoms with E-state index in [1.807, 2.05) is 26.0 Å². The Balaban J connectivity index is 2.40. The molecule has 0 saturated carbocycles. The van der Waals surface area contributed by atoms with Crippen LogP contribution in [0.25, 0.3) is 0 Å². The van der Waals surface area contributed by atoms with Crippen molar-refractivity contribution in [3.05, 3.63) is 45.6 Å². The van der Waals surface area contributed by atoms with Gasteiger partial charge in [0.05, 0.1) is 5.56 Å². The number of carbonyl (C=O) groups is 1. The summed E-state index contributed by atoms with van der Waals surface area (Å²) in [6.07, 6.45) is 1.35. The molecule has 104 valence electrons. The molecule has 0 bridgehead atoms. The first-order valence-electron chi connectivity index (χ1n) is 5.82. The van der Waals surface area contributed by atoms with Gasteiger partial charge in [-0.3, -0.25) is 0 Å². The van der Waals surface area contributed by atoms with Crippen LogP contribution in [0.5, 0.6) is 11.6 Å². The summed E-state index contributed by atoms with van der Waals surface area (Å²) in [5.74, 6) is -0.464. The number of nitrogen functional groups attached to an aromatic ring is 1. The topological polar surface area (TPSA) is 85.4 Å². The molecule has 5 nitrogen and oxygen atoms in total. The lowest BCUT2D eigenvalue weighted by molar-refractivity contribution is 0.0697. The number of aryl methyl sites for hydroxylation is 2. The number of carboxylic acid groups (broad SMARTS) is 1. The van der Waals surface area contributed by atoms with Gasteiger partial charge in [-0.15, -0.1) is 0 Å². The maximum Gasteiger partial charge on any atom is 0.338 e. The Kier molecular flexibility index (Phi) is 3.94. The molecule has 2 rings (SSSR count). The molecule has 0 amide bonds. The van der Waals surface area contributed by atoms with Crippen molar-refractivity contribution in [2.75, 3.05) is 5.73 Å². The highest BCUT2D eigenvalue weighted by atomic mass is 79.9. The van der Waals surface area contributed by atoms with Gasteiger partial charge in [0.15, 0.2) is 0 Å². The maximum absolute atomic E-state index is 11.0. The molecular weight excluding hydrogens is 324 g/mol. The van der Waals surface area contributed by atoms with Crippen LogP contribution < -0.4 is 10.5 Å². The molecule has 0 radical (unpaired) electrons. The van der Waals surface area contributed by atoms with Crippen molar-refractivity contribution in [2.45, 2.75) is 13.8 Å². The van der Waals surface area contributed by atoms with Crippen LogP contribution in [0.1, 0.15) is 21.5 Å². The number of nitrogens with zero attached hydrogens (tertiary/aromatic N) is 1. The molecule has 1 heterocycles. The van der Waals surface area contributed by atoms with Crippen molar-refractivity contribution < 1.29 is 14.6 Å². The number of aromatic carboxylic acids is 1. The van der Waals surface area contributed by atoms with E-state index in [0.717, 1.165) is 15.6 Å². The van der Waals surface area contributed by atoms with E-state index in [4.69, 9.17) is 15.6 Å². The molecule has 20 heavy (non-hydrogen) atoms. The monoisotopic (exact) mass is 336 g/mol. The maximum atomic E-state index is 11.0. The lowest BCUT2D eigenvalue weighted by atomic mass is 10.1. The summed E-state index contributed by atoms with van der Waals surface area (Å²) in [5, 5.41) is 9.01. The largest absolute Gasteiger partial charge is 0.478 e. The van der Waals surface area contributed by atoms with Crippen molar-refractivity contribution >= 4 is 27.6 Å². The van der Waals surface area contributed by atoms with Crippen molar-refractivity contribution in [1.29, 1.82) is 0 Å². The quantitative estimate of drug-likeness (QED) is 0.895. The Labute approximate surface area is 124 Å².